The van der Waals surface area contributed by atoms with Gasteiger partial charge in [-0.3, -0.25) is 14.5 Å². The first-order valence-corrected chi connectivity index (χ1v) is 22.3. The molecule has 2 aromatic heterocycles. The van der Waals surface area contributed by atoms with E-state index in [0.29, 0.717) is 78.5 Å². The van der Waals surface area contributed by atoms with Gasteiger partial charge in [-0.1, -0.05) is 34.1 Å². The number of hydrogen-bond acceptors (Lipinski definition) is 12. The zero-order chi connectivity index (χ0) is 43.9. The second-order valence-electron chi connectivity index (χ2n) is 19.2. The molecule has 4 N–H and O–H groups in total. The smallest absolute Gasteiger partial charge is 0.408 e. The summed E-state index contributed by atoms with van der Waals surface area (Å²) in [4.78, 5) is 63.6. The maximum atomic E-state index is 14.8. The number of hydrogen-bond donors (Lipinski definition) is 4. The second kappa shape index (κ2) is 17.5. The molecule has 8 atom stereocenters. The molecule has 3 saturated carbocycles. The van der Waals surface area contributed by atoms with Crippen LogP contribution in [0.3, 0.4) is 0 Å². The Morgan fingerprint density at radius 3 is 2.45 bits per heavy atom. The van der Waals surface area contributed by atoms with Gasteiger partial charge in [-0.15, -0.1) is 5.10 Å². The summed E-state index contributed by atoms with van der Waals surface area (Å²) in [5.74, 6) is 1.07. The van der Waals surface area contributed by atoms with E-state index >= 15 is 0 Å². The van der Waals surface area contributed by atoms with Crippen LogP contribution in [0.15, 0.2) is 36.5 Å². The molecule has 62 heavy (non-hydrogen) atoms. The van der Waals surface area contributed by atoms with E-state index in [2.05, 4.69) is 20.9 Å². The molecule has 17 nitrogen and oxygen atoms in total. The van der Waals surface area contributed by atoms with E-state index in [1.54, 1.807) is 10.7 Å². The average Bonchev–Trinajstić information content (AvgIpc) is 3.89. The summed E-state index contributed by atoms with van der Waals surface area (Å²) >= 11 is 0. The quantitative estimate of drug-likeness (QED) is 0.156. The Hall–Kier alpha value is -5.16. The number of amides is 3. The fourth-order valence-electron chi connectivity index (χ4n) is 9.43. The van der Waals surface area contributed by atoms with Crippen molar-refractivity contribution in [3.05, 3.63) is 36.5 Å². The Morgan fingerprint density at radius 1 is 1.02 bits per heavy atom. The molecule has 336 valence electrons. The first kappa shape index (κ1) is 43.5. The molecule has 0 radical (unpaired) electrons. The minimum absolute atomic E-state index is 0.00436. The lowest BCUT2D eigenvalue weighted by atomic mass is 9.85. The number of alkyl carbamates (subject to hydrolysis) is 1. The number of benzene rings is 1. The molecule has 2 saturated heterocycles. The van der Waals surface area contributed by atoms with Gasteiger partial charge in [-0.25, -0.2) is 19.3 Å². The zero-order valence-corrected chi connectivity index (χ0v) is 36.7. The largest absolute Gasteiger partial charge is 0.492 e. The SMILES string of the molecule is CC[C@@H]1C[C@]1(NC(=O)[C@@H]1C[C@@H](Oc2cc(-n3ccc(NC(C)C)n3)nc3cc(OCCN4CCOCC4)ccc23)CN1C(=O)[C@@H](NC(=O)OC1C[C@@H]2C[C@@H]2C1)C(C)(C)C)C(=O)O. The fourth-order valence-corrected chi connectivity index (χ4v) is 9.43. The average molecular weight is 859 g/mol. The summed E-state index contributed by atoms with van der Waals surface area (Å²) in [6.45, 7) is 15.9. The van der Waals surface area contributed by atoms with Gasteiger partial charge in [-0.05, 0) is 74.8 Å². The first-order valence-electron chi connectivity index (χ1n) is 22.3. The van der Waals surface area contributed by atoms with Crippen molar-refractivity contribution in [3.8, 4) is 17.3 Å². The van der Waals surface area contributed by atoms with Crippen molar-refractivity contribution in [2.75, 3.05) is 51.3 Å². The number of aromatic nitrogens is 3. The number of rotatable bonds is 16. The molecule has 3 aromatic rings. The van der Waals surface area contributed by atoms with Crippen molar-refractivity contribution in [3.63, 3.8) is 0 Å². The van der Waals surface area contributed by atoms with E-state index < -0.39 is 53.0 Å². The second-order valence-corrected chi connectivity index (χ2v) is 19.2. The third kappa shape index (κ3) is 9.58. The highest BCUT2D eigenvalue weighted by atomic mass is 16.6. The van der Waals surface area contributed by atoms with Gasteiger partial charge in [0.25, 0.3) is 0 Å². The number of ether oxygens (including phenoxy) is 4. The summed E-state index contributed by atoms with van der Waals surface area (Å²) in [5.41, 5.74) is -1.59. The molecule has 0 bridgehead atoms. The number of aliphatic carboxylic acids is 1. The number of carbonyl (C=O) groups excluding carboxylic acids is 3. The fraction of sp³-hybridized carbons (Fsp3) is 0.644. The van der Waals surface area contributed by atoms with Crippen molar-refractivity contribution < 1.29 is 43.2 Å². The van der Waals surface area contributed by atoms with Crippen LogP contribution in [0.2, 0.25) is 0 Å². The number of pyridine rings is 1. The summed E-state index contributed by atoms with van der Waals surface area (Å²) in [6, 6.07) is 7.28. The predicted molar refractivity (Wildman–Crippen MR) is 229 cm³/mol. The van der Waals surface area contributed by atoms with Crippen LogP contribution >= 0.6 is 0 Å². The van der Waals surface area contributed by atoms with Gasteiger partial charge in [0.05, 0.1) is 25.3 Å². The maximum absolute atomic E-state index is 14.8. The molecule has 3 aliphatic carbocycles. The number of morpholine rings is 1. The van der Waals surface area contributed by atoms with E-state index in [1.807, 2.05) is 72.0 Å². The van der Waals surface area contributed by atoms with Gasteiger partial charge in [0, 0.05) is 61.9 Å². The van der Waals surface area contributed by atoms with E-state index in [9.17, 15) is 24.3 Å². The van der Waals surface area contributed by atoms with Crippen LogP contribution in [0, 0.1) is 23.2 Å². The third-order valence-electron chi connectivity index (χ3n) is 13.1. The first-order chi connectivity index (χ1) is 29.6. The van der Waals surface area contributed by atoms with Crippen molar-refractivity contribution in [1.29, 1.82) is 0 Å². The molecule has 8 rings (SSSR count). The van der Waals surface area contributed by atoms with Crippen LogP contribution in [0.4, 0.5) is 10.6 Å². The molecule has 17 heteroatoms. The van der Waals surface area contributed by atoms with Gasteiger partial charge in [0.1, 0.15) is 53.8 Å². The molecule has 2 aliphatic heterocycles. The Morgan fingerprint density at radius 2 is 1.77 bits per heavy atom. The highest BCUT2D eigenvalue weighted by Crippen LogP contribution is 2.52. The van der Waals surface area contributed by atoms with Crippen molar-refractivity contribution in [1.82, 2.24) is 35.2 Å². The summed E-state index contributed by atoms with van der Waals surface area (Å²) < 4.78 is 25.9. The lowest BCUT2D eigenvalue weighted by molar-refractivity contribution is -0.146. The number of nitrogens with one attached hydrogen (secondary N) is 3. The highest BCUT2D eigenvalue weighted by Gasteiger charge is 2.61. The van der Waals surface area contributed by atoms with Gasteiger partial charge in [-0.2, -0.15) is 0 Å². The molecular formula is C45H62N8O9. The molecule has 3 amide bonds. The number of likely N-dealkylation sites (tertiary alicyclic amines) is 1. The molecule has 1 unspecified atom stereocenters. The summed E-state index contributed by atoms with van der Waals surface area (Å²) in [5, 5.41) is 24.6. The monoisotopic (exact) mass is 858 g/mol. The highest BCUT2D eigenvalue weighted by molar-refractivity contribution is 5.96. The maximum Gasteiger partial charge on any atom is 0.408 e. The number of anilines is 1. The Balaban J connectivity index is 1.07. The number of fused-ring (bicyclic) bond motifs is 2. The van der Waals surface area contributed by atoms with Gasteiger partial charge >= 0.3 is 12.1 Å². The van der Waals surface area contributed by atoms with Crippen LogP contribution in [0.25, 0.3) is 16.7 Å². The molecule has 5 fully saturated rings. The Bertz CT molecular complexity index is 2140. The molecule has 0 spiro atoms. The lowest BCUT2D eigenvalue weighted by Gasteiger charge is -2.35. The summed E-state index contributed by atoms with van der Waals surface area (Å²) in [7, 11) is 0. The van der Waals surface area contributed by atoms with Crippen LogP contribution in [-0.4, -0.2) is 135 Å². The third-order valence-corrected chi connectivity index (χ3v) is 13.1. The molecule has 5 aliphatic rings. The van der Waals surface area contributed by atoms with E-state index in [0.717, 1.165) is 32.5 Å². The number of carbonyl (C=O) groups is 4. The normalized spacial score (nSPS) is 27.4. The van der Waals surface area contributed by atoms with Crippen LogP contribution < -0.4 is 25.4 Å². The van der Waals surface area contributed by atoms with E-state index in [4.69, 9.17) is 29.0 Å². The van der Waals surface area contributed by atoms with E-state index in [1.165, 1.54) is 11.3 Å². The topological polar surface area (TPSA) is 199 Å². The van der Waals surface area contributed by atoms with Gasteiger partial charge < -0.3 is 44.9 Å². The minimum Gasteiger partial charge on any atom is -0.492 e. The molecule has 4 heterocycles. The van der Waals surface area contributed by atoms with Crippen molar-refractivity contribution >= 4 is 40.6 Å². The number of carboxylic acid groups (broad SMARTS) is 1. The molecular weight excluding hydrogens is 797 g/mol. The number of carboxylic acids is 1. The van der Waals surface area contributed by atoms with Gasteiger partial charge in [0.15, 0.2) is 5.82 Å². The van der Waals surface area contributed by atoms with Crippen molar-refractivity contribution in [2.24, 2.45) is 23.2 Å². The Kier molecular flexibility index (Phi) is 12.3. The van der Waals surface area contributed by atoms with Crippen LogP contribution in [0.5, 0.6) is 11.5 Å². The zero-order valence-electron chi connectivity index (χ0n) is 36.7. The lowest BCUT2D eigenvalue weighted by Crippen LogP contribution is -2.59. The Labute approximate surface area is 362 Å². The van der Waals surface area contributed by atoms with Gasteiger partial charge in [0.2, 0.25) is 11.8 Å². The number of nitrogens with zero attached hydrogens (tertiary/aromatic N) is 5. The van der Waals surface area contributed by atoms with Crippen molar-refractivity contribution in [2.45, 2.75) is 116 Å². The van der Waals surface area contributed by atoms with Crippen LogP contribution in [-0.2, 0) is 23.9 Å². The van der Waals surface area contributed by atoms with Crippen LogP contribution in [0.1, 0.15) is 80.1 Å². The summed E-state index contributed by atoms with van der Waals surface area (Å²) in [6.07, 6.45) is 4.04. The molecule has 1 aromatic carbocycles. The van der Waals surface area contributed by atoms with E-state index in [-0.39, 0.29) is 31.0 Å². The standard InChI is InChI=1S/C45H62N8O9/c1-7-29-24-45(29,42(56)57)49-40(54)35-22-32(25-52(35)41(55)39(44(4,5)6)48-43(58)62-31-19-27-18-28(27)20-31)61-36-23-38(53-11-10-37(50-53)46-26(2)3)47-34-21-30(8-9-33(34)36)60-17-14-51-12-15-59-16-13-51/h8-11,21,23,26-29,31-32,35,39H,7,12-20,22,24-25H2,1-6H3,(H,46,50)(H,48,58)(H,49,54)(H,56,57)/t27-,28+,29-,31?,32-,35+,39-,45-/m1/s1. The minimum atomic E-state index is -1.40. The predicted octanol–water partition coefficient (Wildman–Crippen LogP) is 4.61.